The van der Waals surface area contributed by atoms with Gasteiger partial charge >= 0.3 is 0 Å². The highest BCUT2D eigenvalue weighted by molar-refractivity contribution is 7.16. The summed E-state index contributed by atoms with van der Waals surface area (Å²) in [6, 6.07) is 3.82. The molecule has 0 radical (unpaired) electrons. The maximum absolute atomic E-state index is 6.22. The van der Waals surface area contributed by atoms with Gasteiger partial charge in [-0.1, -0.05) is 23.2 Å². The molecule has 0 saturated heterocycles. The Morgan fingerprint density at radius 1 is 1.50 bits per heavy atom. The lowest BCUT2D eigenvalue weighted by Crippen LogP contribution is -2.29. The Morgan fingerprint density at radius 3 is 2.67 bits per heavy atom. The number of aryl methyl sites for hydroxylation is 2. The second kappa shape index (κ2) is 5.59. The molecule has 2 rings (SSSR count). The summed E-state index contributed by atoms with van der Waals surface area (Å²) in [7, 11) is 1.83. The van der Waals surface area contributed by atoms with Crippen molar-refractivity contribution < 1.29 is 0 Å². The van der Waals surface area contributed by atoms with Crippen molar-refractivity contribution in [3.63, 3.8) is 0 Å². The third-order valence-electron chi connectivity index (χ3n) is 2.82. The fraction of sp³-hybridized carbons (Fsp3) is 0.364. The summed E-state index contributed by atoms with van der Waals surface area (Å²) in [5.41, 5.74) is 4.73. The van der Waals surface area contributed by atoms with E-state index in [0.29, 0.717) is 11.6 Å². The van der Waals surface area contributed by atoms with Gasteiger partial charge in [-0.2, -0.15) is 5.10 Å². The van der Waals surface area contributed by atoms with Crippen LogP contribution in [0, 0.1) is 6.92 Å². The summed E-state index contributed by atoms with van der Waals surface area (Å²) >= 11 is 13.7. The molecule has 4 nitrogen and oxygen atoms in total. The SMILES string of the molecule is Cc1nn(C)c(Cl)c1CC(NN)c1ccc(Cl)s1. The van der Waals surface area contributed by atoms with Gasteiger partial charge in [-0.3, -0.25) is 16.0 Å². The summed E-state index contributed by atoms with van der Waals surface area (Å²) in [6.45, 7) is 1.94. The molecule has 1 unspecified atom stereocenters. The molecule has 7 heteroatoms. The number of thiophene rings is 1. The fourth-order valence-electron chi connectivity index (χ4n) is 1.87. The van der Waals surface area contributed by atoms with Gasteiger partial charge in [0.2, 0.25) is 0 Å². The number of nitrogens with two attached hydrogens (primary N) is 1. The lowest BCUT2D eigenvalue weighted by Gasteiger charge is -2.13. The number of hydrogen-bond donors (Lipinski definition) is 2. The molecule has 0 aliphatic rings. The Labute approximate surface area is 120 Å². The van der Waals surface area contributed by atoms with E-state index in [9.17, 15) is 0 Å². The smallest absolute Gasteiger partial charge is 0.130 e. The largest absolute Gasteiger partial charge is 0.271 e. The van der Waals surface area contributed by atoms with Gasteiger partial charge in [-0.05, 0) is 25.5 Å². The van der Waals surface area contributed by atoms with Gasteiger partial charge in [0, 0.05) is 17.5 Å². The summed E-state index contributed by atoms with van der Waals surface area (Å²) in [5, 5.41) is 4.94. The predicted molar refractivity (Wildman–Crippen MR) is 76.1 cm³/mol. The van der Waals surface area contributed by atoms with Crippen molar-refractivity contribution in [2.24, 2.45) is 12.9 Å². The highest BCUT2D eigenvalue weighted by Gasteiger charge is 2.19. The van der Waals surface area contributed by atoms with E-state index in [-0.39, 0.29) is 6.04 Å². The maximum Gasteiger partial charge on any atom is 0.130 e. The quantitative estimate of drug-likeness (QED) is 0.674. The van der Waals surface area contributed by atoms with Crippen LogP contribution in [0.25, 0.3) is 0 Å². The zero-order valence-electron chi connectivity index (χ0n) is 10.1. The van der Waals surface area contributed by atoms with E-state index in [1.54, 1.807) is 4.68 Å². The van der Waals surface area contributed by atoms with Crippen LogP contribution >= 0.6 is 34.5 Å². The van der Waals surface area contributed by atoms with Crippen LogP contribution in [0.5, 0.6) is 0 Å². The third kappa shape index (κ3) is 2.70. The first-order valence-electron chi connectivity index (χ1n) is 5.42. The first-order valence-corrected chi connectivity index (χ1v) is 6.99. The molecule has 98 valence electrons. The van der Waals surface area contributed by atoms with E-state index >= 15 is 0 Å². The summed E-state index contributed by atoms with van der Waals surface area (Å²) < 4.78 is 2.42. The first kappa shape index (κ1) is 13.8. The fourth-order valence-corrected chi connectivity index (χ4v) is 3.24. The van der Waals surface area contributed by atoms with Crippen LogP contribution in [0.15, 0.2) is 12.1 Å². The van der Waals surface area contributed by atoms with E-state index in [4.69, 9.17) is 29.0 Å². The predicted octanol–water partition coefficient (Wildman–Crippen LogP) is 2.84. The van der Waals surface area contributed by atoms with Gasteiger partial charge in [0.15, 0.2) is 0 Å². The van der Waals surface area contributed by atoms with Crippen molar-refractivity contribution >= 4 is 34.5 Å². The Hall–Kier alpha value is -0.590. The molecular weight excluding hydrogens is 291 g/mol. The van der Waals surface area contributed by atoms with Gasteiger partial charge < -0.3 is 0 Å². The second-order valence-electron chi connectivity index (χ2n) is 4.04. The van der Waals surface area contributed by atoms with Crippen molar-refractivity contribution in [3.8, 4) is 0 Å². The number of nitrogens with one attached hydrogen (secondary N) is 1. The molecule has 0 aromatic carbocycles. The van der Waals surface area contributed by atoms with Crippen molar-refractivity contribution in [3.05, 3.63) is 37.8 Å². The first-order chi connectivity index (χ1) is 8.52. The summed E-state index contributed by atoms with van der Waals surface area (Å²) in [5.74, 6) is 5.61. The van der Waals surface area contributed by atoms with Crippen molar-refractivity contribution in [2.75, 3.05) is 0 Å². The molecule has 2 aromatic heterocycles. The number of nitrogens with zero attached hydrogens (tertiary/aromatic N) is 2. The van der Waals surface area contributed by atoms with Crippen LogP contribution in [-0.4, -0.2) is 9.78 Å². The second-order valence-corrected chi connectivity index (χ2v) is 6.15. The minimum absolute atomic E-state index is 0.0112. The highest BCUT2D eigenvalue weighted by atomic mass is 35.5. The van der Waals surface area contributed by atoms with Crippen molar-refractivity contribution in [1.29, 1.82) is 0 Å². The van der Waals surface area contributed by atoms with E-state index in [1.165, 1.54) is 11.3 Å². The van der Waals surface area contributed by atoms with Crippen LogP contribution < -0.4 is 11.3 Å². The molecule has 3 N–H and O–H groups in total. The molecule has 2 heterocycles. The van der Waals surface area contributed by atoms with Crippen LogP contribution in [-0.2, 0) is 13.5 Å². The van der Waals surface area contributed by atoms with E-state index in [1.807, 2.05) is 26.1 Å². The maximum atomic E-state index is 6.22. The monoisotopic (exact) mass is 304 g/mol. The third-order valence-corrected chi connectivity index (χ3v) is 4.63. The highest BCUT2D eigenvalue weighted by Crippen LogP contribution is 2.31. The molecule has 0 amide bonds. The van der Waals surface area contributed by atoms with Gasteiger partial charge in [-0.25, -0.2) is 0 Å². The Balaban J connectivity index is 2.25. The molecule has 2 aromatic rings. The minimum atomic E-state index is -0.0112. The lowest BCUT2D eigenvalue weighted by molar-refractivity contribution is 0.559. The van der Waals surface area contributed by atoms with Gasteiger partial charge in [0.1, 0.15) is 5.15 Å². The van der Waals surface area contributed by atoms with Crippen LogP contribution in [0.2, 0.25) is 9.49 Å². The van der Waals surface area contributed by atoms with Crippen molar-refractivity contribution in [1.82, 2.24) is 15.2 Å². The zero-order chi connectivity index (χ0) is 13.3. The Kier molecular flexibility index (Phi) is 4.29. The number of aromatic nitrogens is 2. The van der Waals surface area contributed by atoms with Crippen LogP contribution in [0.3, 0.4) is 0 Å². The summed E-state index contributed by atoms with van der Waals surface area (Å²) in [6.07, 6.45) is 0.686. The Bertz CT molecular complexity index is 549. The van der Waals surface area contributed by atoms with Crippen LogP contribution in [0.1, 0.15) is 22.2 Å². The average Bonchev–Trinajstić information content (AvgIpc) is 2.84. The molecular formula is C11H14Cl2N4S. The summed E-state index contributed by atoms with van der Waals surface area (Å²) in [4.78, 5) is 1.09. The van der Waals surface area contributed by atoms with Crippen LogP contribution in [0.4, 0.5) is 0 Å². The average molecular weight is 305 g/mol. The molecule has 0 fully saturated rings. The molecule has 0 bridgehead atoms. The molecule has 18 heavy (non-hydrogen) atoms. The number of rotatable bonds is 4. The van der Waals surface area contributed by atoms with E-state index in [2.05, 4.69) is 10.5 Å². The molecule has 0 spiro atoms. The zero-order valence-corrected chi connectivity index (χ0v) is 12.4. The van der Waals surface area contributed by atoms with E-state index < -0.39 is 0 Å². The normalized spacial score (nSPS) is 12.9. The van der Waals surface area contributed by atoms with Crippen molar-refractivity contribution in [2.45, 2.75) is 19.4 Å². The lowest BCUT2D eigenvalue weighted by atomic mass is 10.1. The number of hydrogen-bond acceptors (Lipinski definition) is 4. The van der Waals surface area contributed by atoms with Gasteiger partial charge in [0.05, 0.1) is 16.1 Å². The molecule has 0 saturated carbocycles. The minimum Gasteiger partial charge on any atom is -0.271 e. The molecule has 0 aliphatic heterocycles. The molecule has 1 atom stereocenters. The topological polar surface area (TPSA) is 55.9 Å². The molecule has 0 aliphatic carbocycles. The Morgan fingerprint density at radius 2 is 2.22 bits per heavy atom. The van der Waals surface area contributed by atoms with Gasteiger partial charge in [0.25, 0.3) is 0 Å². The van der Waals surface area contributed by atoms with E-state index in [0.717, 1.165) is 20.5 Å². The standard InChI is InChI=1S/C11H14Cl2N4S/c1-6-7(11(13)17(2)16-6)5-8(15-14)9-3-4-10(12)18-9/h3-4,8,15H,5,14H2,1-2H3. The number of hydrazine groups is 1. The number of halogens is 2. The van der Waals surface area contributed by atoms with Gasteiger partial charge in [-0.15, -0.1) is 11.3 Å².